The molecule has 0 spiro atoms. The lowest BCUT2D eigenvalue weighted by Crippen LogP contribution is -2.47. The van der Waals surface area contributed by atoms with Crippen LogP contribution >= 0.6 is 23.8 Å². The fraction of sp³-hybridized carbons (Fsp3) is 0.545. The van der Waals surface area contributed by atoms with Crippen LogP contribution in [-0.2, 0) is 22.7 Å². The number of carbonyl (C=O) groups excluding carboxylic acids is 2. The summed E-state index contributed by atoms with van der Waals surface area (Å²) in [5.74, 6) is 0.356. The highest BCUT2D eigenvalue weighted by Crippen LogP contribution is 2.21. The van der Waals surface area contributed by atoms with Crippen molar-refractivity contribution in [2.75, 3.05) is 0 Å². The van der Waals surface area contributed by atoms with E-state index < -0.39 is 6.04 Å². The Hall–Kier alpha value is -2.19. The third-order valence-electron chi connectivity index (χ3n) is 5.08. The average Bonchev–Trinajstić information content (AvgIpc) is 3.06. The molecule has 2 aromatic rings. The van der Waals surface area contributed by atoms with Crippen LogP contribution in [0, 0.1) is 4.77 Å². The number of aryl methyl sites for hydroxylation is 1. The third-order valence-corrected chi connectivity index (χ3v) is 5.77. The highest BCUT2D eigenvalue weighted by molar-refractivity contribution is 7.71. The number of aromatic nitrogens is 3. The van der Waals surface area contributed by atoms with Crippen molar-refractivity contribution in [3.05, 3.63) is 34.1 Å². The molecule has 1 aromatic heterocycles. The van der Waals surface area contributed by atoms with Crippen molar-refractivity contribution in [2.24, 2.45) is 0 Å². The fourth-order valence-corrected chi connectivity index (χ4v) is 3.41. The largest absolute Gasteiger partial charge is 0.352 e. The number of amides is 2. The first kappa shape index (κ1) is 25.1. The molecular weight excluding hydrogens is 434 g/mol. The second kappa shape index (κ2) is 12.0. The molecule has 0 bridgehead atoms. The van der Waals surface area contributed by atoms with Crippen LogP contribution in [0.2, 0.25) is 5.02 Å². The molecule has 31 heavy (non-hydrogen) atoms. The van der Waals surface area contributed by atoms with Crippen LogP contribution in [0.15, 0.2) is 24.3 Å². The second-order valence-corrected chi connectivity index (χ2v) is 8.50. The van der Waals surface area contributed by atoms with Crippen LogP contribution in [0.4, 0.5) is 0 Å². The number of benzene rings is 1. The summed E-state index contributed by atoms with van der Waals surface area (Å²) in [4.78, 5) is 24.5. The van der Waals surface area contributed by atoms with Crippen LogP contribution in [0.1, 0.15) is 53.4 Å². The third kappa shape index (κ3) is 7.18. The zero-order valence-electron chi connectivity index (χ0n) is 18.7. The number of carbonyl (C=O) groups is 2. The first-order chi connectivity index (χ1) is 14.8. The molecular formula is C22H32ClN5O2S. The maximum absolute atomic E-state index is 12.4. The lowest BCUT2D eigenvalue weighted by molar-refractivity contribution is -0.129. The van der Waals surface area contributed by atoms with E-state index in [1.807, 2.05) is 42.7 Å². The van der Waals surface area contributed by atoms with Crippen molar-refractivity contribution in [1.82, 2.24) is 25.0 Å². The normalized spacial score (nSPS) is 12.9. The molecule has 0 aliphatic rings. The summed E-state index contributed by atoms with van der Waals surface area (Å²) < 4.78 is 4.26. The zero-order chi connectivity index (χ0) is 23.0. The van der Waals surface area contributed by atoms with Crippen LogP contribution in [0.5, 0.6) is 0 Å². The summed E-state index contributed by atoms with van der Waals surface area (Å²) in [6.45, 7) is 8.83. The molecule has 2 unspecified atom stereocenters. The second-order valence-electron chi connectivity index (χ2n) is 7.70. The van der Waals surface area contributed by atoms with E-state index in [1.54, 1.807) is 11.6 Å². The molecule has 2 rings (SSSR count). The molecule has 0 saturated carbocycles. The monoisotopic (exact) mass is 465 g/mol. The summed E-state index contributed by atoms with van der Waals surface area (Å²) in [6, 6.07) is 6.95. The van der Waals surface area contributed by atoms with Gasteiger partial charge in [-0.1, -0.05) is 31.9 Å². The number of hydrogen-bond donors (Lipinski definition) is 2. The molecule has 2 amide bonds. The lowest BCUT2D eigenvalue weighted by Gasteiger charge is -2.17. The molecule has 9 heteroatoms. The summed E-state index contributed by atoms with van der Waals surface area (Å²) in [5, 5.41) is 10.9. The Morgan fingerprint density at radius 1 is 1.13 bits per heavy atom. The fourth-order valence-electron chi connectivity index (χ4n) is 2.97. The smallest absolute Gasteiger partial charge is 0.242 e. The molecule has 2 N–H and O–H groups in total. The van der Waals surface area contributed by atoms with Crippen LogP contribution in [-0.4, -0.2) is 38.2 Å². The maximum Gasteiger partial charge on any atom is 0.242 e. The predicted octanol–water partition coefficient (Wildman–Crippen LogP) is 4.34. The summed E-state index contributed by atoms with van der Waals surface area (Å²) in [7, 11) is 0. The lowest BCUT2D eigenvalue weighted by atomic mass is 10.2. The van der Waals surface area contributed by atoms with E-state index in [1.165, 1.54) is 0 Å². The Bertz CT molecular complexity index is 938. The number of halogens is 1. The van der Waals surface area contributed by atoms with Gasteiger partial charge in [0.05, 0.1) is 6.54 Å². The minimum absolute atomic E-state index is 0.0727. The van der Waals surface area contributed by atoms with Gasteiger partial charge in [0.15, 0.2) is 10.6 Å². The quantitative estimate of drug-likeness (QED) is 0.483. The van der Waals surface area contributed by atoms with Crippen molar-refractivity contribution in [3.8, 4) is 11.4 Å². The Labute approximate surface area is 194 Å². The van der Waals surface area contributed by atoms with Crippen LogP contribution < -0.4 is 10.6 Å². The van der Waals surface area contributed by atoms with Gasteiger partial charge in [-0.2, -0.15) is 5.10 Å². The van der Waals surface area contributed by atoms with E-state index in [0.717, 1.165) is 37.2 Å². The Kier molecular flexibility index (Phi) is 9.71. The summed E-state index contributed by atoms with van der Waals surface area (Å²) in [5.41, 5.74) is 0.921. The molecule has 1 heterocycles. The number of nitrogens with zero attached hydrogens (tertiary/aromatic N) is 3. The Balaban J connectivity index is 2.09. The van der Waals surface area contributed by atoms with Crippen molar-refractivity contribution in [1.29, 1.82) is 0 Å². The van der Waals surface area contributed by atoms with Crippen LogP contribution in [0.25, 0.3) is 11.4 Å². The van der Waals surface area contributed by atoms with Crippen molar-refractivity contribution < 1.29 is 9.59 Å². The molecule has 1 aromatic carbocycles. The topological polar surface area (TPSA) is 81.0 Å². The number of rotatable bonds is 11. The van der Waals surface area contributed by atoms with E-state index in [-0.39, 0.29) is 24.3 Å². The zero-order valence-corrected chi connectivity index (χ0v) is 20.2. The SMILES string of the molecule is CCCCn1c(-c2ccc(Cl)cc2)nn(CCC(=O)NC(C)C(=O)NC(C)CC)c1=S. The predicted molar refractivity (Wildman–Crippen MR) is 127 cm³/mol. The van der Waals surface area contributed by atoms with Gasteiger partial charge in [-0.15, -0.1) is 0 Å². The number of hydrogen-bond acceptors (Lipinski definition) is 4. The molecule has 0 radical (unpaired) electrons. The highest BCUT2D eigenvalue weighted by Gasteiger charge is 2.18. The minimum atomic E-state index is -0.596. The summed E-state index contributed by atoms with van der Waals surface area (Å²) >= 11 is 11.7. The van der Waals surface area contributed by atoms with Gasteiger partial charge in [0, 0.05) is 29.6 Å². The van der Waals surface area contributed by atoms with E-state index >= 15 is 0 Å². The van der Waals surface area contributed by atoms with Crippen molar-refractivity contribution >= 4 is 35.6 Å². The summed E-state index contributed by atoms with van der Waals surface area (Å²) in [6.07, 6.45) is 3.03. The average molecular weight is 466 g/mol. The van der Waals surface area contributed by atoms with Gasteiger partial charge in [0.2, 0.25) is 11.8 Å². The number of unbranched alkanes of at least 4 members (excludes halogenated alkanes) is 1. The molecule has 0 saturated heterocycles. The van der Waals surface area contributed by atoms with E-state index in [4.69, 9.17) is 23.8 Å². The van der Waals surface area contributed by atoms with E-state index in [2.05, 4.69) is 22.7 Å². The highest BCUT2D eigenvalue weighted by atomic mass is 35.5. The molecule has 0 aliphatic heterocycles. The Morgan fingerprint density at radius 2 is 1.81 bits per heavy atom. The van der Waals surface area contributed by atoms with Crippen LogP contribution in [0.3, 0.4) is 0 Å². The van der Waals surface area contributed by atoms with Gasteiger partial charge in [0.25, 0.3) is 0 Å². The van der Waals surface area contributed by atoms with Gasteiger partial charge in [0.1, 0.15) is 6.04 Å². The molecule has 170 valence electrons. The molecule has 2 atom stereocenters. The standard InChI is InChI=1S/C22H32ClN5O2S/c1-5-7-13-27-20(17-8-10-18(23)11-9-17)26-28(22(27)31)14-12-19(29)25-16(4)21(30)24-15(3)6-2/h8-11,15-16H,5-7,12-14H2,1-4H3,(H,24,30)(H,25,29). The molecule has 0 aliphatic carbocycles. The molecule has 7 nitrogen and oxygen atoms in total. The van der Waals surface area contributed by atoms with Gasteiger partial charge in [-0.25, -0.2) is 4.68 Å². The van der Waals surface area contributed by atoms with Gasteiger partial charge < -0.3 is 10.6 Å². The van der Waals surface area contributed by atoms with E-state index in [9.17, 15) is 9.59 Å². The maximum atomic E-state index is 12.4. The van der Waals surface area contributed by atoms with Crippen molar-refractivity contribution in [3.63, 3.8) is 0 Å². The molecule has 0 fully saturated rings. The minimum Gasteiger partial charge on any atom is -0.352 e. The van der Waals surface area contributed by atoms with Crippen molar-refractivity contribution in [2.45, 2.75) is 78.6 Å². The first-order valence-corrected chi connectivity index (χ1v) is 11.6. The van der Waals surface area contributed by atoms with Gasteiger partial charge in [-0.3, -0.25) is 14.2 Å². The first-order valence-electron chi connectivity index (χ1n) is 10.8. The Morgan fingerprint density at radius 3 is 2.42 bits per heavy atom. The van der Waals surface area contributed by atoms with E-state index in [0.29, 0.717) is 16.3 Å². The van der Waals surface area contributed by atoms with Gasteiger partial charge in [-0.05, 0) is 63.2 Å². The van der Waals surface area contributed by atoms with Gasteiger partial charge >= 0.3 is 0 Å². The number of nitrogens with one attached hydrogen (secondary N) is 2.